The summed E-state index contributed by atoms with van der Waals surface area (Å²) >= 11 is 0. The van der Waals surface area contributed by atoms with Crippen molar-refractivity contribution in [3.63, 3.8) is 0 Å². The van der Waals surface area contributed by atoms with Gasteiger partial charge < -0.3 is 59.1 Å². The molecule has 8 heteroatoms. The number of hydrogen-bond donors (Lipinski definition) is 0. The monoisotopic (exact) mass is 846 g/mol. The van der Waals surface area contributed by atoms with E-state index in [2.05, 4.69) is 113 Å². The Balaban J connectivity index is 0. The Morgan fingerprint density at radius 3 is 1.09 bits per heavy atom. The molecule has 0 unspecified atom stereocenters. The number of halogens is 4. The summed E-state index contributed by atoms with van der Waals surface area (Å²) in [6, 6.07) is 38.8. The third-order valence-corrected chi connectivity index (χ3v) is 7.68. The number of benzene rings is 4. The van der Waals surface area contributed by atoms with Gasteiger partial charge in [-0.15, -0.1) is 69.1 Å². The summed E-state index contributed by atoms with van der Waals surface area (Å²) in [7, 11) is 3.39. The molecule has 0 saturated carbocycles. The maximum Gasteiger partial charge on any atom is 4.00 e. The van der Waals surface area contributed by atoms with Gasteiger partial charge in [0.15, 0.2) is 0 Å². The summed E-state index contributed by atoms with van der Waals surface area (Å²) in [4.78, 5) is 0. The van der Waals surface area contributed by atoms with E-state index in [9.17, 15) is 0 Å². The van der Waals surface area contributed by atoms with E-state index in [1.807, 2.05) is 24.3 Å². The minimum atomic E-state index is 0. The second kappa shape index (κ2) is 21.6. The van der Waals surface area contributed by atoms with Crippen molar-refractivity contribution in [2.24, 2.45) is 0 Å². The molecule has 0 aromatic heterocycles. The van der Waals surface area contributed by atoms with Gasteiger partial charge in [0.05, 0.1) is 14.2 Å². The van der Waals surface area contributed by atoms with Crippen LogP contribution in [0.4, 0.5) is 0 Å². The van der Waals surface area contributed by atoms with E-state index < -0.39 is 0 Å². The predicted octanol–water partition coefficient (Wildman–Crippen LogP) is -1.27. The predicted molar refractivity (Wildman–Crippen MR) is 171 cm³/mol. The molecule has 0 spiro atoms. The summed E-state index contributed by atoms with van der Waals surface area (Å²) in [5, 5.41) is 5.31. The minimum absolute atomic E-state index is 0. The van der Waals surface area contributed by atoms with Crippen LogP contribution >= 0.6 is 0 Å². The molecule has 46 heavy (non-hydrogen) atoms. The first-order valence-electron chi connectivity index (χ1n) is 14.1. The quantitative estimate of drug-likeness (QED) is 0.195. The van der Waals surface area contributed by atoms with E-state index in [-0.39, 0.29) is 102 Å². The van der Waals surface area contributed by atoms with Crippen molar-refractivity contribution in [2.75, 3.05) is 14.2 Å². The molecule has 0 aliphatic rings. The summed E-state index contributed by atoms with van der Waals surface area (Å²) in [6.45, 7) is 8.95. The molecule has 0 saturated heterocycles. The van der Waals surface area contributed by atoms with Crippen molar-refractivity contribution in [2.45, 2.75) is 39.5 Å². The molecule has 6 aromatic rings. The Bertz CT molecular complexity index is 1590. The summed E-state index contributed by atoms with van der Waals surface area (Å²) in [6.07, 6.45) is 0. The van der Waals surface area contributed by atoms with Gasteiger partial charge in [0.2, 0.25) is 0 Å². The topological polar surface area (TPSA) is 18.5 Å². The SMILES string of the molecule is COc1ccc(-c2cccc3[cH-]c(C(C)C)cc23)cc1.COc1ccc(-c2cccc3[cH-]c(C(C)C)cc23)cc1.[Cl-].[Cl-].[Cl-].[Cl-].[Zr+4].[Zr+4]. The second-order valence-corrected chi connectivity index (χ2v) is 11.0. The maximum atomic E-state index is 5.23. The van der Waals surface area contributed by atoms with E-state index in [0.29, 0.717) is 11.8 Å². The molecule has 0 heterocycles. The fraction of sp³-hybridized carbons (Fsp3) is 0.211. The molecule has 0 bridgehead atoms. The van der Waals surface area contributed by atoms with Crippen LogP contribution in [0.25, 0.3) is 43.8 Å². The van der Waals surface area contributed by atoms with E-state index in [1.165, 1.54) is 54.9 Å². The second-order valence-electron chi connectivity index (χ2n) is 11.0. The molecule has 0 N–H and O–H groups in total. The zero-order valence-corrected chi connectivity index (χ0v) is 34.8. The Labute approximate surface area is 337 Å². The molecule has 2 nitrogen and oxygen atoms in total. The first-order valence-corrected chi connectivity index (χ1v) is 14.1. The molecule has 0 aliphatic heterocycles. The number of hydrogen-bond acceptors (Lipinski definition) is 2. The standard InChI is InChI=1S/2C19H19O.4ClH.2Zr/c2*1-13(2)16-11-15-5-4-6-18(19(15)12-16)14-7-9-17(20-3)10-8-14;;;;;;/h2*4-13H,1-3H3;4*1H;;/q2*-1;;;;;2*+4/p-4. The number of rotatable bonds is 6. The van der Waals surface area contributed by atoms with Crippen LogP contribution in [0.15, 0.2) is 109 Å². The van der Waals surface area contributed by atoms with Crippen molar-refractivity contribution in [1.82, 2.24) is 0 Å². The van der Waals surface area contributed by atoms with Gasteiger partial charge in [-0.05, 0) is 47.2 Å². The Kier molecular flexibility index (Phi) is 21.9. The molecular weight excluding hydrogens is 813 g/mol. The van der Waals surface area contributed by atoms with Gasteiger partial charge in [-0.25, -0.2) is 0 Å². The van der Waals surface area contributed by atoms with Crippen LogP contribution in [-0.4, -0.2) is 14.2 Å². The fourth-order valence-corrected chi connectivity index (χ4v) is 5.23. The third-order valence-electron chi connectivity index (χ3n) is 7.68. The Morgan fingerprint density at radius 1 is 0.478 bits per heavy atom. The van der Waals surface area contributed by atoms with Crippen LogP contribution in [0.1, 0.15) is 50.7 Å². The van der Waals surface area contributed by atoms with E-state index in [4.69, 9.17) is 9.47 Å². The zero-order chi connectivity index (χ0) is 28.2. The normalized spacial score (nSPS) is 9.74. The van der Waals surface area contributed by atoms with Crippen LogP contribution < -0.4 is 59.1 Å². The van der Waals surface area contributed by atoms with E-state index in [1.54, 1.807) is 14.2 Å². The number of ether oxygens (including phenoxy) is 2. The zero-order valence-electron chi connectivity index (χ0n) is 26.9. The van der Waals surface area contributed by atoms with Crippen molar-refractivity contribution < 1.29 is 112 Å². The molecule has 0 atom stereocenters. The van der Waals surface area contributed by atoms with Crippen LogP contribution in [-0.2, 0) is 52.4 Å². The van der Waals surface area contributed by atoms with E-state index in [0.717, 1.165) is 11.5 Å². The van der Waals surface area contributed by atoms with Crippen molar-refractivity contribution in [3.8, 4) is 33.8 Å². The third kappa shape index (κ3) is 10.8. The van der Waals surface area contributed by atoms with Gasteiger partial charge in [0, 0.05) is 0 Å². The van der Waals surface area contributed by atoms with Crippen LogP contribution in [0.3, 0.4) is 0 Å². The Hall–Kier alpha value is -1.37. The molecule has 0 amide bonds. The minimum Gasteiger partial charge on any atom is -1.00 e. The average molecular weight is 851 g/mol. The van der Waals surface area contributed by atoms with Gasteiger partial charge in [-0.3, -0.25) is 0 Å². The molecule has 6 aromatic carbocycles. The molecule has 236 valence electrons. The van der Waals surface area contributed by atoms with Crippen LogP contribution in [0.5, 0.6) is 11.5 Å². The maximum absolute atomic E-state index is 5.23. The largest absolute Gasteiger partial charge is 4.00 e. The average Bonchev–Trinajstić information content (AvgIpc) is 3.63. The number of fused-ring (bicyclic) bond motifs is 2. The fourth-order valence-electron chi connectivity index (χ4n) is 5.23. The van der Waals surface area contributed by atoms with E-state index >= 15 is 0 Å². The molecule has 0 aliphatic carbocycles. The van der Waals surface area contributed by atoms with Crippen LogP contribution in [0, 0.1) is 0 Å². The first-order chi connectivity index (χ1) is 19.4. The van der Waals surface area contributed by atoms with Gasteiger partial charge >= 0.3 is 52.4 Å². The van der Waals surface area contributed by atoms with Crippen molar-refractivity contribution >= 4 is 21.5 Å². The van der Waals surface area contributed by atoms with Gasteiger partial charge in [0.25, 0.3) is 0 Å². The first kappa shape index (κ1) is 46.7. The van der Waals surface area contributed by atoms with Gasteiger partial charge in [0.1, 0.15) is 11.5 Å². The smallest absolute Gasteiger partial charge is 1.00 e. The molecule has 0 fully saturated rings. The van der Waals surface area contributed by atoms with Gasteiger partial charge in [-0.2, -0.15) is 12.1 Å². The van der Waals surface area contributed by atoms with Crippen molar-refractivity contribution in [1.29, 1.82) is 0 Å². The number of methoxy groups -OCH3 is 2. The van der Waals surface area contributed by atoms with Crippen molar-refractivity contribution in [3.05, 3.63) is 120 Å². The Morgan fingerprint density at radius 2 is 0.804 bits per heavy atom. The molecule has 0 radical (unpaired) electrons. The summed E-state index contributed by atoms with van der Waals surface area (Å²) < 4.78 is 10.5. The van der Waals surface area contributed by atoms with Gasteiger partial charge in [-0.1, -0.05) is 75.2 Å². The summed E-state index contributed by atoms with van der Waals surface area (Å²) in [5.41, 5.74) is 7.85. The summed E-state index contributed by atoms with van der Waals surface area (Å²) in [5.74, 6) is 2.91. The molecule has 6 rings (SSSR count). The molecular formula is C38H38Cl4O2Zr2+2. The van der Waals surface area contributed by atoms with Crippen LogP contribution in [0.2, 0.25) is 0 Å².